The van der Waals surface area contributed by atoms with Gasteiger partial charge in [0, 0.05) is 18.3 Å². The van der Waals surface area contributed by atoms with Crippen molar-refractivity contribution in [2.45, 2.75) is 25.8 Å². The number of ether oxygens (including phenoxy) is 1. The molecule has 0 amide bonds. The number of nitrogens with zero attached hydrogens (tertiary/aromatic N) is 1. The van der Waals surface area contributed by atoms with E-state index in [1.807, 2.05) is 0 Å². The van der Waals surface area contributed by atoms with Crippen molar-refractivity contribution in [1.29, 1.82) is 0 Å². The molecule has 0 unspecified atom stereocenters. The van der Waals surface area contributed by atoms with Gasteiger partial charge in [0.1, 0.15) is 0 Å². The lowest BCUT2D eigenvalue weighted by Crippen LogP contribution is -2.12. The summed E-state index contributed by atoms with van der Waals surface area (Å²) in [5, 5.41) is 98.1. The molecule has 0 saturated carbocycles. The van der Waals surface area contributed by atoms with E-state index in [0.717, 1.165) is 16.7 Å². The molecule has 5 aromatic rings. The number of aliphatic imine (C=N–C) groups is 1. The number of esters is 1. The first-order valence-electron chi connectivity index (χ1n) is 16.1. The second-order valence-electron chi connectivity index (χ2n) is 12.2. The van der Waals surface area contributed by atoms with Crippen molar-refractivity contribution in [3.63, 3.8) is 0 Å². The lowest BCUT2D eigenvalue weighted by atomic mass is 9.87. The Morgan fingerprint density at radius 2 is 0.887 bits per heavy atom. The zero-order valence-electron chi connectivity index (χ0n) is 27.9. The summed E-state index contributed by atoms with van der Waals surface area (Å²) in [4.78, 5) is 15.9. The minimum atomic E-state index is -0.663. The van der Waals surface area contributed by atoms with E-state index in [9.17, 15) is 55.9 Å². The van der Waals surface area contributed by atoms with E-state index in [2.05, 4.69) is 10.3 Å². The molecular formula is C39H36N2O12. The van der Waals surface area contributed by atoms with Gasteiger partial charge in [-0.25, -0.2) is 9.79 Å². The summed E-state index contributed by atoms with van der Waals surface area (Å²) < 4.78 is 5.03. The Hall–Kier alpha value is -7.22. The van der Waals surface area contributed by atoms with Crippen molar-refractivity contribution in [1.82, 2.24) is 5.32 Å². The number of hydrogen-bond acceptors (Lipinski definition) is 14. The molecule has 5 aromatic carbocycles. The summed E-state index contributed by atoms with van der Waals surface area (Å²) in [7, 11) is 0. The zero-order valence-corrected chi connectivity index (χ0v) is 27.9. The number of cyclic esters (lactones) is 1. The summed E-state index contributed by atoms with van der Waals surface area (Å²) in [6.45, 7) is 0.287. The van der Waals surface area contributed by atoms with Crippen molar-refractivity contribution in [3.8, 4) is 57.5 Å². The smallest absolute Gasteiger partial charge is 0.365 e. The highest BCUT2D eigenvalue weighted by Crippen LogP contribution is 2.32. The molecule has 1 heterocycles. The van der Waals surface area contributed by atoms with E-state index >= 15 is 0 Å². The molecule has 274 valence electrons. The SMILES string of the molecule is O=C1OC(c2ccc(O)c(O)c2)=NC1=CNCc1ccc(O)c(O)c1.Oc1ccc(CC(Cc2ccc(O)c(O)c2)Cc2ccc(O)c(O)c2)cc1O. The third-order valence-corrected chi connectivity index (χ3v) is 8.12. The van der Waals surface area contributed by atoms with Gasteiger partial charge in [-0.2, -0.15) is 0 Å². The predicted molar refractivity (Wildman–Crippen MR) is 191 cm³/mol. The van der Waals surface area contributed by atoms with E-state index in [-0.39, 0.29) is 81.6 Å². The number of hydrogen-bond donors (Lipinski definition) is 11. The maximum absolute atomic E-state index is 11.8. The Kier molecular flexibility index (Phi) is 11.3. The predicted octanol–water partition coefficient (Wildman–Crippen LogP) is 5.01. The van der Waals surface area contributed by atoms with Crippen LogP contribution < -0.4 is 5.32 Å². The van der Waals surface area contributed by atoms with Gasteiger partial charge in [0.15, 0.2) is 63.2 Å². The highest BCUT2D eigenvalue weighted by molar-refractivity contribution is 6.11. The molecule has 1 aliphatic heterocycles. The molecule has 0 bridgehead atoms. The molecule has 0 aromatic heterocycles. The topological polar surface area (TPSA) is 253 Å². The molecule has 14 heteroatoms. The van der Waals surface area contributed by atoms with Crippen LogP contribution in [-0.4, -0.2) is 62.9 Å². The van der Waals surface area contributed by atoms with Crippen molar-refractivity contribution in [2.75, 3.05) is 0 Å². The number of phenolic OH excluding ortho intramolecular Hbond substituents is 10. The molecule has 0 spiro atoms. The highest BCUT2D eigenvalue weighted by Gasteiger charge is 2.25. The lowest BCUT2D eigenvalue weighted by Gasteiger charge is -2.18. The van der Waals surface area contributed by atoms with E-state index < -0.39 is 5.97 Å². The molecule has 0 aliphatic carbocycles. The summed E-state index contributed by atoms with van der Waals surface area (Å²) in [5.41, 5.74) is 3.54. The third kappa shape index (κ3) is 9.73. The summed E-state index contributed by atoms with van der Waals surface area (Å²) >= 11 is 0. The summed E-state index contributed by atoms with van der Waals surface area (Å²) in [6, 6.07) is 22.3. The third-order valence-electron chi connectivity index (χ3n) is 8.12. The average molecular weight is 725 g/mol. The maximum atomic E-state index is 11.8. The van der Waals surface area contributed by atoms with Crippen LogP contribution >= 0.6 is 0 Å². The number of nitrogens with one attached hydrogen (secondary N) is 1. The fourth-order valence-corrected chi connectivity index (χ4v) is 5.44. The maximum Gasteiger partial charge on any atom is 0.365 e. The number of phenols is 10. The first kappa shape index (κ1) is 37.0. The van der Waals surface area contributed by atoms with E-state index in [4.69, 9.17) is 4.74 Å². The molecule has 0 fully saturated rings. The highest BCUT2D eigenvalue weighted by atomic mass is 16.6. The van der Waals surface area contributed by atoms with Gasteiger partial charge < -0.3 is 61.1 Å². The minimum absolute atomic E-state index is 0.00984. The van der Waals surface area contributed by atoms with Crippen molar-refractivity contribution >= 4 is 11.9 Å². The second kappa shape index (κ2) is 16.2. The molecule has 6 rings (SSSR count). The van der Waals surface area contributed by atoms with Gasteiger partial charge in [0.05, 0.1) is 0 Å². The molecular weight excluding hydrogens is 688 g/mol. The van der Waals surface area contributed by atoms with Crippen LogP contribution in [0, 0.1) is 5.92 Å². The summed E-state index contributed by atoms with van der Waals surface area (Å²) in [6.07, 6.45) is 3.06. The van der Waals surface area contributed by atoms with Crippen LogP contribution in [0.4, 0.5) is 0 Å². The van der Waals surface area contributed by atoms with Crippen LogP contribution in [0.25, 0.3) is 0 Å². The second-order valence-corrected chi connectivity index (χ2v) is 12.2. The first-order valence-corrected chi connectivity index (χ1v) is 16.1. The molecule has 0 atom stereocenters. The van der Waals surface area contributed by atoms with Crippen LogP contribution in [0.3, 0.4) is 0 Å². The number of rotatable bonds is 10. The molecule has 53 heavy (non-hydrogen) atoms. The Morgan fingerprint density at radius 3 is 1.30 bits per heavy atom. The molecule has 0 saturated heterocycles. The fourth-order valence-electron chi connectivity index (χ4n) is 5.44. The van der Waals surface area contributed by atoms with Crippen LogP contribution in [0.2, 0.25) is 0 Å². The average Bonchev–Trinajstić information content (AvgIpc) is 3.49. The number of carbonyl (C=O) groups excluding carboxylic acids is 1. The van der Waals surface area contributed by atoms with E-state index in [0.29, 0.717) is 30.4 Å². The van der Waals surface area contributed by atoms with Crippen LogP contribution in [-0.2, 0) is 35.3 Å². The normalized spacial score (nSPS) is 13.0. The van der Waals surface area contributed by atoms with Crippen molar-refractivity contribution in [2.24, 2.45) is 10.9 Å². The monoisotopic (exact) mass is 724 g/mol. The van der Waals surface area contributed by atoms with Gasteiger partial charge >= 0.3 is 5.97 Å². The Morgan fingerprint density at radius 1 is 0.509 bits per heavy atom. The van der Waals surface area contributed by atoms with Gasteiger partial charge in [-0.05, 0) is 114 Å². The minimum Gasteiger partial charge on any atom is -0.504 e. The Bertz CT molecular complexity index is 2070. The quantitative estimate of drug-likeness (QED) is 0.0515. The largest absolute Gasteiger partial charge is 0.504 e. The van der Waals surface area contributed by atoms with Crippen LogP contribution in [0.5, 0.6) is 57.5 Å². The van der Waals surface area contributed by atoms with Gasteiger partial charge in [-0.1, -0.05) is 24.3 Å². The number of aromatic hydroxyl groups is 10. The van der Waals surface area contributed by atoms with E-state index in [1.165, 1.54) is 72.9 Å². The molecule has 1 aliphatic rings. The standard InChI is InChI=1S/C22H22O6.C17H14N2O6/c23-17-4-1-13(10-20(17)26)7-16(8-14-2-5-18(24)21(27)11-14)9-15-3-6-19(25)22(28)12-15;20-12-3-1-9(5-14(12)22)7-18-8-11-17(24)25-16(19-11)10-2-4-13(21)15(23)6-10/h1-6,10-12,16,23-28H,7-9H2;1-6,8,18,20-23H,7H2. The number of benzene rings is 5. The lowest BCUT2D eigenvalue weighted by molar-refractivity contribution is -0.130. The van der Waals surface area contributed by atoms with Gasteiger partial charge in [0.2, 0.25) is 5.90 Å². The van der Waals surface area contributed by atoms with Crippen LogP contribution in [0.15, 0.2) is 108 Å². The first-order chi connectivity index (χ1) is 25.2. The molecule has 11 N–H and O–H groups in total. The van der Waals surface area contributed by atoms with Crippen LogP contribution in [0.1, 0.15) is 27.8 Å². The van der Waals surface area contributed by atoms with Crippen molar-refractivity contribution < 1.29 is 60.6 Å². The van der Waals surface area contributed by atoms with Gasteiger partial charge in [-0.3, -0.25) is 0 Å². The van der Waals surface area contributed by atoms with Crippen molar-refractivity contribution in [3.05, 3.63) is 131 Å². The Labute approximate surface area is 302 Å². The molecule has 14 nitrogen and oxygen atoms in total. The zero-order chi connectivity index (χ0) is 38.2. The summed E-state index contributed by atoms with van der Waals surface area (Å²) in [5.74, 6) is -2.86. The number of carbonyl (C=O) groups is 1. The van der Waals surface area contributed by atoms with E-state index in [1.54, 1.807) is 24.3 Å². The Balaban J connectivity index is 0.000000206. The van der Waals surface area contributed by atoms with Gasteiger partial charge in [0.25, 0.3) is 0 Å². The molecule has 0 radical (unpaired) electrons. The van der Waals surface area contributed by atoms with Gasteiger partial charge in [-0.15, -0.1) is 0 Å². The fraction of sp³-hybridized carbons (Fsp3) is 0.128.